The van der Waals surface area contributed by atoms with Crippen molar-refractivity contribution in [2.24, 2.45) is 5.92 Å². The van der Waals surface area contributed by atoms with Gasteiger partial charge in [0.2, 0.25) is 0 Å². The summed E-state index contributed by atoms with van der Waals surface area (Å²) < 4.78 is 0. The molecule has 2 fully saturated rings. The van der Waals surface area contributed by atoms with E-state index in [4.69, 9.17) is 5.32 Å². The van der Waals surface area contributed by atoms with E-state index < -0.39 is 0 Å². The minimum Gasteiger partial charge on any atom is -0.238 e. The maximum absolute atomic E-state index is 4.71. The van der Waals surface area contributed by atoms with E-state index in [9.17, 15) is 0 Å². The molecule has 63 valence electrons. The van der Waals surface area contributed by atoms with Gasteiger partial charge in [-0.1, -0.05) is 19.3 Å². The van der Waals surface area contributed by atoms with Gasteiger partial charge < -0.3 is 0 Å². The number of piperidine rings is 1. The van der Waals surface area contributed by atoms with Crippen molar-refractivity contribution in [2.45, 2.75) is 51.0 Å². The van der Waals surface area contributed by atoms with Crippen LogP contribution in [0.1, 0.15) is 44.9 Å². The first-order chi connectivity index (χ1) is 5.47. The Morgan fingerprint density at radius 3 is 2.64 bits per heavy atom. The van der Waals surface area contributed by atoms with Crippen molar-refractivity contribution in [2.75, 3.05) is 6.54 Å². The normalized spacial score (nSPS) is 39.3. The van der Waals surface area contributed by atoms with Gasteiger partial charge in [0.25, 0.3) is 0 Å². The molecule has 2 unspecified atom stereocenters. The Labute approximate surface area is 69.6 Å². The van der Waals surface area contributed by atoms with Gasteiger partial charge >= 0.3 is 0 Å². The van der Waals surface area contributed by atoms with Crippen molar-refractivity contribution in [3.63, 3.8) is 0 Å². The largest absolute Gasteiger partial charge is 0.238 e. The van der Waals surface area contributed by atoms with Gasteiger partial charge in [-0.25, -0.2) is 5.32 Å². The molecule has 1 heteroatoms. The molecule has 0 N–H and O–H groups in total. The Balaban J connectivity index is 1.93. The maximum Gasteiger partial charge on any atom is 0.0274 e. The average Bonchev–Trinajstić information content (AvgIpc) is 2.28. The smallest absolute Gasteiger partial charge is 0.0274 e. The lowest BCUT2D eigenvalue weighted by Crippen LogP contribution is -2.35. The van der Waals surface area contributed by atoms with Crippen LogP contribution < -0.4 is 5.32 Å². The van der Waals surface area contributed by atoms with E-state index in [2.05, 4.69) is 0 Å². The molecule has 2 rings (SSSR count). The van der Waals surface area contributed by atoms with Crippen molar-refractivity contribution < 1.29 is 0 Å². The summed E-state index contributed by atoms with van der Waals surface area (Å²) in [4.78, 5) is 0. The van der Waals surface area contributed by atoms with E-state index in [1.165, 1.54) is 44.9 Å². The Kier molecular flexibility index (Phi) is 2.47. The lowest BCUT2D eigenvalue weighted by molar-refractivity contribution is 0.261. The van der Waals surface area contributed by atoms with Gasteiger partial charge in [0.15, 0.2) is 0 Å². The highest BCUT2D eigenvalue weighted by atomic mass is 14.9. The van der Waals surface area contributed by atoms with E-state index in [0.717, 1.165) is 18.5 Å². The van der Waals surface area contributed by atoms with Crippen LogP contribution in [-0.4, -0.2) is 12.6 Å². The molecule has 2 atom stereocenters. The highest BCUT2D eigenvalue weighted by Crippen LogP contribution is 2.29. The van der Waals surface area contributed by atoms with Crippen molar-refractivity contribution in [1.29, 1.82) is 0 Å². The Morgan fingerprint density at radius 2 is 1.64 bits per heavy atom. The standard InChI is InChI=1S/C10H18N/c1-2-5-9-6-4-8-11-10(9)7-3-1/h9-10H,1-8H2. The number of hydrogen-bond donors (Lipinski definition) is 0. The summed E-state index contributed by atoms with van der Waals surface area (Å²) in [5, 5.41) is 4.71. The number of fused-ring (bicyclic) bond motifs is 1. The average molecular weight is 152 g/mol. The molecule has 1 nitrogen and oxygen atoms in total. The maximum atomic E-state index is 4.71. The summed E-state index contributed by atoms with van der Waals surface area (Å²) in [5.74, 6) is 0.978. The van der Waals surface area contributed by atoms with Gasteiger partial charge in [-0.15, -0.1) is 0 Å². The van der Waals surface area contributed by atoms with Crippen LogP contribution in [0, 0.1) is 5.92 Å². The monoisotopic (exact) mass is 152 g/mol. The van der Waals surface area contributed by atoms with Crippen molar-refractivity contribution in [3.05, 3.63) is 0 Å². The van der Waals surface area contributed by atoms with Crippen molar-refractivity contribution in [3.8, 4) is 0 Å². The summed E-state index contributed by atoms with van der Waals surface area (Å²) in [5.41, 5.74) is 0. The Hall–Kier alpha value is -0.0400. The Morgan fingerprint density at radius 1 is 0.818 bits per heavy atom. The summed E-state index contributed by atoms with van der Waals surface area (Å²) in [6, 6.07) is 0.770. The summed E-state index contributed by atoms with van der Waals surface area (Å²) >= 11 is 0. The quantitative estimate of drug-likeness (QED) is 0.506. The highest BCUT2D eigenvalue weighted by molar-refractivity contribution is 4.82. The van der Waals surface area contributed by atoms with E-state index in [1.54, 1.807) is 0 Å². The summed E-state index contributed by atoms with van der Waals surface area (Å²) in [6.07, 6.45) is 10.1. The Bertz CT molecular complexity index is 108. The van der Waals surface area contributed by atoms with Crippen LogP contribution in [0.2, 0.25) is 0 Å². The molecule has 0 bridgehead atoms. The lowest BCUT2D eigenvalue weighted by Gasteiger charge is -2.29. The number of hydrogen-bond acceptors (Lipinski definition) is 0. The highest BCUT2D eigenvalue weighted by Gasteiger charge is 2.26. The SMILES string of the molecule is C1CCC2CCC[N]C2CC1. The van der Waals surface area contributed by atoms with Gasteiger partial charge in [-0.2, -0.15) is 0 Å². The third-order valence-electron chi connectivity index (χ3n) is 3.22. The third kappa shape index (κ3) is 1.76. The van der Waals surface area contributed by atoms with Crippen LogP contribution in [0.3, 0.4) is 0 Å². The predicted octanol–water partition coefficient (Wildman–Crippen LogP) is 2.33. The zero-order valence-electron chi connectivity index (χ0n) is 7.26. The molecule has 1 saturated heterocycles. The first-order valence-corrected chi connectivity index (χ1v) is 5.13. The summed E-state index contributed by atoms with van der Waals surface area (Å²) in [7, 11) is 0. The zero-order valence-corrected chi connectivity index (χ0v) is 7.26. The second-order valence-corrected chi connectivity index (χ2v) is 4.01. The van der Waals surface area contributed by atoms with Gasteiger partial charge in [0.1, 0.15) is 0 Å². The third-order valence-corrected chi connectivity index (χ3v) is 3.22. The second-order valence-electron chi connectivity index (χ2n) is 4.01. The van der Waals surface area contributed by atoms with E-state index >= 15 is 0 Å². The molecule has 0 amide bonds. The summed E-state index contributed by atoms with van der Waals surface area (Å²) in [6.45, 7) is 1.15. The molecule has 0 aromatic rings. The first kappa shape index (κ1) is 7.60. The molecule has 0 aromatic carbocycles. The zero-order chi connectivity index (χ0) is 7.52. The fraction of sp³-hybridized carbons (Fsp3) is 1.00. The van der Waals surface area contributed by atoms with Crippen molar-refractivity contribution in [1.82, 2.24) is 5.32 Å². The number of nitrogens with zero attached hydrogens (tertiary/aromatic N) is 1. The minimum atomic E-state index is 0.770. The molecular formula is C10H18N. The van der Waals surface area contributed by atoms with Crippen LogP contribution in [0.4, 0.5) is 0 Å². The lowest BCUT2D eigenvalue weighted by atomic mass is 9.87. The van der Waals surface area contributed by atoms with Crippen LogP contribution in [0.5, 0.6) is 0 Å². The second kappa shape index (κ2) is 3.57. The van der Waals surface area contributed by atoms with Crippen molar-refractivity contribution >= 4 is 0 Å². The van der Waals surface area contributed by atoms with Crippen LogP contribution in [-0.2, 0) is 0 Å². The van der Waals surface area contributed by atoms with Gasteiger partial charge in [0, 0.05) is 12.6 Å². The topological polar surface area (TPSA) is 14.1 Å². The molecule has 1 radical (unpaired) electrons. The van der Waals surface area contributed by atoms with E-state index in [-0.39, 0.29) is 0 Å². The van der Waals surface area contributed by atoms with Crippen LogP contribution >= 0.6 is 0 Å². The fourth-order valence-corrected chi connectivity index (χ4v) is 2.55. The molecule has 1 heterocycles. The van der Waals surface area contributed by atoms with Gasteiger partial charge in [-0.05, 0) is 31.6 Å². The molecule has 1 aliphatic heterocycles. The molecule has 2 aliphatic rings. The van der Waals surface area contributed by atoms with E-state index in [0.29, 0.717) is 0 Å². The van der Waals surface area contributed by atoms with Gasteiger partial charge in [0.05, 0.1) is 0 Å². The van der Waals surface area contributed by atoms with Crippen LogP contribution in [0.15, 0.2) is 0 Å². The molecule has 0 aromatic heterocycles. The minimum absolute atomic E-state index is 0.770. The van der Waals surface area contributed by atoms with Crippen LogP contribution in [0.25, 0.3) is 0 Å². The first-order valence-electron chi connectivity index (χ1n) is 5.13. The fourth-order valence-electron chi connectivity index (χ4n) is 2.55. The molecule has 11 heavy (non-hydrogen) atoms. The van der Waals surface area contributed by atoms with E-state index in [1.807, 2.05) is 0 Å². The number of rotatable bonds is 0. The molecule has 1 saturated carbocycles. The molecule has 1 aliphatic carbocycles. The van der Waals surface area contributed by atoms with Gasteiger partial charge in [-0.3, -0.25) is 0 Å². The molecular weight excluding hydrogens is 134 g/mol. The predicted molar refractivity (Wildman–Crippen MR) is 46.6 cm³/mol. The molecule has 0 spiro atoms.